The molecule has 0 radical (unpaired) electrons. The number of aryl methyl sites for hydroxylation is 1. The minimum Gasteiger partial charge on any atom is -0.465 e. The monoisotopic (exact) mass is 744 g/mol. The Kier molecular flexibility index (Phi) is 36.4. The highest BCUT2D eigenvalue weighted by atomic mass is 16.5. The van der Waals surface area contributed by atoms with Gasteiger partial charge in [-0.25, -0.2) is 4.98 Å². The maximum atomic E-state index is 12.7. The van der Waals surface area contributed by atoms with E-state index in [2.05, 4.69) is 48.3 Å². The van der Waals surface area contributed by atoms with E-state index < -0.39 is 0 Å². The van der Waals surface area contributed by atoms with Crippen LogP contribution < -0.4 is 0 Å². The van der Waals surface area contributed by atoms with E-state index >= 15 is 0 Å². The Hall–Kier alpha value is -1.36. The van der Waals surface area contributed by atoms with Crippen molar-refractivity contribution < 1.29 is 9.53 Å². The number of esters is 1. The molecule has 1 aromatic heterocycles. The number of hydrogen-bond donors (Lipinski definition) is 0. The first kappa shape index (κ1) is 49.7. The van der Waals surface area contributed by atoms with Gasteiger partial charge >= 0.3 is 5.97 Å². The highest BCUT2D eigenvalue weighted by molar-refractivity contribution is 5.69. The van der Waals surface area contributed by atoms with Crippen LogP contribution >= 0.6 is 0 Å². The molecule has 1 heterocycles. The summed E-state index contributed by atoms with van der Waals surface area (Å²) in [6, 6.07) is 0. The second-order valence-corrected chi connectivity index (χ2v) is 16.8. The van der Waals surface area contributed by atoms with Gasteiger partial charge in [-0.3, -0.25) is 4.79 Å². The predicted molar refractivity (Wildman–Crippen MR) is 232 cm³/mol. The molecule has 5 nitrogen and oxygen atoms in total. The van der Waals surface area contributed by atoms with Crippen LogP contribution in [0.2, 0.25) is 0 Å². The molecule has 0 spiro atoms. The molecule has 0 amide bonds. The van der Waals surface area contributed by atoms with Crippen molar-refractivity contribution in [2.45, 2.75) is 253 Å². The maximum Gasteiger partial charge on any atom is 0.305 e. The average molecular weight is 744 g/mol. The van der Waals surface area contributed by atoms with Crippen LogP contribution in [0, 0.1) is 12.8 Å². The van der Waals surface area contributed by atoms with Gasteiger partial charge in [-0.15, -0.1) is 0 Å². The molecule has 0 aliphatic heterocycles. The SMILES string of the molecule is CCCCCCCCCCCCCCN(CCCCCCCC(=O)OCC(CCCCCCCC)CCCCCCCCCC)CCn1ccnc1C. The molecule has 53 heavy (non-hydrogen) atoms. The van der Waals surface area contributed by atoms with Gasteiger partial charge in [-0.05, 0) is 58.0 Å². The molecule has 0 N–H and O–H groups in total. The largest absolute Gasteiger partial charge is 0.465 e. The van der Waals surface area contributed by atoms with Crippen LogP contribution in [0.1, 0.15) is 245 Å². The second-order valence-electron chi connectivity index (χ2n) is 16.8. The van der Waals surface area contributed by atoms with Crippen molar-refractivity contribution in [2.24, 2.45) is 5.92 Å². The third-order valence-electron chi connectivity index (χ3n) is 11.7. The van der Waals surface area contributed by atoms with E-state index in [1.54, 1.807) is 0 Å². The molecule has 0 fully saturated rings. The molecule has 0 saturated heterocycles. The first-order valence-corrected chi connectivity index (χ1v) is 24.0. The summed E-state index contributed by atoms with van der Waals surface area (Å²) in [5.74, 6) is 1.71. The van der Waals surface area contributed by atoms with E-state index in [1.807, 2.05) is 6.20 Å². The van der Waals surface area contributed by atoms with Gasteiger partial charge in [0.25, 0.3) is 0 Å². The standard InChI is InChI=1S/C48H93N3O2/c1-5-8-11-14-17-19-20-21-22-24-29-34-40-50(43-44-51-42-39-49-46(51)4)41-35-30-25-28-33-38-48(52)53-45-47(36-31-26-16-13-10-7-3)37-32-27-23-18-15-12-9-6-2/h39,42,47H,5-38,40-41,43-45H2,1-4H3. The average Bonchev–Trinajstić information content (AvgIpc) is 3.58. The number of aromatic nitrogens is 2. The van der Waals surface area contributed by atoms with Gasteiger partial charge in [-0.2, -0.15) is 0 Å². The summed E-state index contributed by atoms with van der Waals surface area (Å²) in [5.41, 5.74) is 0. The molecule has 0 saturated carbocycles. The van der Waals surface area contributed by atoms with Crippen molar-refractivity contribution in [1.29, 1.82) is 0 Å². The summed E-state index contributed by atoms with van der Waals surface area (Å²) >= 11 is 0. The summed E-state index contributed by atoms with van der Waals surface area (Å²) in [6.07, 6.45) is 48.8. The number of nitrogens with zero attached hydrogens (tertiary/aromatic N) is 3. The highest BCUT2D eigenvalue weighted by Crippen LogP contribution is 2.21. The second kappa shape index (κ2) is 38.9. The Labute approximate surface area is 332 Å². The van der Waals surface area contributed by atoms with E-state index in [-0.39, 0.29) is 5.97 Å². The lowest BCUT2D eigenvalue weighted by molar-refractivity contribution is -0.145. The topological polar surface area (TPSA) is 47.4 Å². The normalized spacial score (nSPS) is 12.2. The third-order valence-corrected chi connectivity index (χ3v) is 11.7. The third kappa shape index (κ3) is 32.6. The van der Waals surface area contributed by atoms with Crippen molar-refractivity contribution >= 4 is 5.97 Å². The molecule has 1 unspecified atom stereocenters. The van der Waals surface area contributed by atoms with Gasteiger partial charge in [0.2, 0.25) is 0 Å². The van der Waals surface area contributed by atoms with Gasteiger partial charge in [0.05, 0.1) is 6.61 Å². The summed E-state index contributed by atoms with van der Waals surface area (Å²) < 4.78 is 8.18. The van der Waals surface area contributed by atoms with Crippen molar-refractivity contribution in [3.8, 4) is 0 Å². The molecule has 0 aliphatic carbocycles. The van der Waals surface area contributed by atoms with Crippen LogP contribution in [-0.2, 0) is 16.1 Å². The van der Waals surface area contributed by atoms with E-state index in [0.717, 1.165) is 31.8 Å². The van der Waals surface area contributed by atoms with Crippen molar-refractivity contribution in [1.82, 2.24) is 14.5 Å². The number of carbonyl (C=O) groups is 1. The minimum absolute atomic E-state index is 0.0391. The zero-order valence-corrected chi connectivity index (χ0v) is 36.5. The van der Waals surface area contributed by atoms with Gasteiger partial charge in [0.1, 0.15) is 5.82 Å². The summed E-state index contributed by atoms with van der Waals surface area (Å²) in [5, 5.41) is 0. The Morgan fingerprint density at radius 1 is 0.566 bits per heavy atom. The molecule has 1 rings (SSSR count). The Bertz CT molecular complexity index is 886. The fourth-order valence-electron chi connectivity index (χ4n) is 7.91. The number of imidazole rings is 1. The lowest BCUT2D eigenvalue weighted by Crippen LogP contribution is -2.30. The lowest BCUT2D eigenvalue weighted by atomic mass is 9.94. The number of ether oxygens (including phenoxy) is 1. The van der Waals surface area contributed by atoms with Crippen LogP contribution in [0.3, 0.4) is 0 Å². The van der Waals surface area contributed by atoms with Gasteiger partial charge in [0, 0.05) is 31.9 Å². The van der Waals surface area contributed by atoms with Crippen molar-refractivity contribution in [2.75, 3.05) is 26.2 Å². The van der Waals surface area contributed by atoms with E-state index in [1.165, 1.54) is 212 Å². The van der Waals surface area contributed by atoms with Crippen molar-refractivity contribution in [3.63, 3.8) is 0 Å². The highest BCUT2D eigenvalue weighted by Gasteiger charge is 2.13. The number of rotatable bonds is 42. The quantitative estimate of drug-likeness (QED) is 0.0494. The van der Waals surface area contributed by atoms with Crippen LogP contribution in [0.15, 0.2) is 12.4 Å². The number of unbranched alkanes of at least 4 members (excludes halogenated alkanes) is 27. The zero-order chi connectivity index (χ0) is 38.3. The van der Waals surface area contributed by atoms with Crippen LogP contribution in [0.25, 0.3) is 0 Å². The van der Waals surface area contributed by atoms with Crippen LogP contribution in [0.5, 0.6) is 0 Å². The van der Waals surface area contributed by atoms with E-state index in [0.29, 0.717) is 18.9 Å². The Morgan fingerprint density at radius 3 is 1.38 bits per heavy atom. The van der Waals surface area contributed by atoms with Crippen LogP contribution in [-0.4, -0.2) is 46.7 Å². The predicted octanol–water partition coefficient (Wildman–Crippen LogP) is 15.0. The maximum absolute atomic E-state index is 12.7. The van der Waals surface area contributed by atoms with E-state index in [4.69, 9.17) is 4.74 Å². The summed E-state index contributed by atoms with van der Waals surface area (Å²) in [6.45, 7) is 14.2. The first-order valence-electron chi connectivity index (χ1n) is 24.0. The number of hydrogen-bond acceptors (Lipinski definition) is 4. The fraction of sp³-hybridized carbons (Fsp3) is 0.917. The van der Waals surface area contributed by atoms with Gasteiger partial charge in [-0.1, -0.05) is 201 Å². The van der Waals surface area contributed by atoms with Crippen LogP contribution in [0.4, 0.5) is 0 Å². The molecule has 0 aliphatic rings. The molecular formula is C48H93N3O2. The summed E-state index contributed by atoms with van der Waals surface area (Å²) in [4.78, 5) is 19.8. The minimum atomic E-state index is 0.0391. The molecule has 1 aromatic rings. The molecule has 0 aromatic carbocycles. The number of carbonyl (C=O) groups excluding carboxylic acids is 1. The lowest BCUT2D eigenvalue weighted by Gasteiger charge is -2.23. The van der Waals surface area contributed by atoms with E-state index in [9.17, 15) is 4.79 Å². The Balaban J connectivity index is 2.25. The molecule has 1 atom stereocenters. The van der Waals surface area contributed by atoms with Gasteiger partial charge in [0.15, 0.2) is 0 Å². The molecular weight excluding hydrogens is 651 g/mol. The van der Waals surface area contributed by atoms with Gasteiger partial charge < -0.3 is 14.2 Å². The van der Waals surface area contributed by atoms with Crippen molar-refractivity contribution in [3.05, 3.63) is 18.2 Å². The Morgan fingerprint density at radius 2 is 0.962 bits per heavy atom. The fourth-order valence-corrected chi connectivity index (χ4v) is 7.91. The first-order chi connectivity index (χ1) is 26.1. The molecule has 5 heteroatoms. The molecule has 312 valence electrons. The summed E-state index contributed by atoms with van der Waals surface area (Å²) in [7, 11) is 0. The smallest absolute Gasteiger partial charge is 0.305 e. The zero-order valence-electron chi connectivity index (χ0n) is 36.5. The molecule has 0 bridgehead atoms.